The fourth-order valence-electron chi connectivity index (χ4n) is 0.880. The molecule has 0 fully saturated rings. The molecule has 1 rings (SSSR count). The van der Waals surface area contributed by atoms with Crippen LogP contribution in [-0.4, -0.2) is 17.3 Å². The van der Waals surface area contributed by atoms with E-state index in [9.17, 15) is 0 Å². The van der Waals surface area contributed by atoms with Crippen molar-refractivity contribution in [2.24, 2.45) is 0 Å². The largest absolute Gasteiger partial charge is 0.362 e. The van der Waals surface area contributed by atoms with Crippen molar-refractivity contribution < 1.29 is 0 Å². The SMILES string of the molecule is C/C=C\C1=CSC(C)N1C. The van der Waals surface area contributed by atoms with E-state index in [1.807, 2.05) is 18.7 Å². The summed E-state index contributed by atoms with van der Waals surface area (Å²) in [6, 6.07) is 0. The second-order valence-corrected chi connectivity index (χ2v) is 3.58. The Morgan fingerprint density at radius 3 is 2.80 bits per heavy atom. The standard InChI is InChI=1S/C8H13NS/c1-4-5-8-6-10-7(2)9(8)3/h4-7H,1-3H3/b5-4-. The molecule has 0 saturated carbocycles. The van der Waals surface area contributed by atoms with Gasteiger partial charge in [0.15, 0.2) is 0 Å². The average molecular weight is 155 g/mol. The van der Waals surface area contributed by atoms with Crippen LogP contribution in [0.5, 0.6) is 0 Å². The number of likely N-dealkylation sites (N-methyl/N-ethyl adjacent to an activating group) is 1. The zero-order valence-electron chi connectivity index (χ0n) is 6.66. The quantitative estimate of drug-likeness (QED) is 0.572. The van der Waals surface area contributed by atoms with E-state index in [2.05, 4.69) is 36.4 Å². The second-order valence-electron chi connectivity index (χ2n) is 2.39. The number of hydrogen-bond donors (Lipinski definition) is 0. The molecule has 0 saturated heterocycles. The van der Waals surface area contributed by atoms with Gasteiger partial charge in [0.05, 0.1) is 5.37 Å². The third-order valence-electron chi connectivity index (χ3n) is 1.68. The molecule has 0 amide bonds. The monoisotopic (exact) mass is 155 g/mol. The third-order valence-corrected chi connectivity index (χ3v) is 2.76. The summed E-state index contributed by atoms with van der Waals surface area (Å²) in [6.07, 6.45) is 4.21. The zero-order valence-corrected chi connectivity index (χ0v) is 7.48. The molecule has 1 heterocycles. The van der Waals surface area contributed by atoms with E-state index in [0.717, 1.165) is 0 Å². The Hall–Kier alpha value is -0.370. The molecule has 0 N–H and O–H groups in total. The maximum absolute atomic E-state index is 2.27. The van der Waals surface area contributed by atoms with Gasteiger partial charge < -0.3 is 4.90 Å². The maximum Gasteiger partial charge on any atom is 0.0760 e. The zero-order chi connectivity index (χ0) is 7.56. The van der Waals surface area contributed by atoms with Crippen molar-refractivity contribution in [2.45, 2.75) is 19.2 Å². The van der Waals surface area contributed by atoms with Crippen molar-refractivity contribution in [1.82, 2.24) is 4.90 Å². The summed E-state index contributed by atoms with van der Waals surface area (Å²) in [4.78, 5) is 2.27. The van der Waals surface area contributed by atoms with E-state index in [0.29, 0.717) is 5.37 Å². The highest BCUT2D eigenvalue weighted by atomic mass is 32.2. The molecule has 1 atom stereocenters. The second kappa shape index (κ2) is 3.15. The van der Waals surface area contributed by atoms with Crippen molar-refractivity contribution in [3.63, 3.8) is 0 Å². The van der Waals surface area contributed by atoms with Crippen LogP contribution in [0.15, 0.2) is 23.3 Å². The van der Waals surface area contributed by atoms with Crippen LogP contribution >= 0.6 is 11.8 Å². The molecule has 0 aromatic carbocycles. The van der Waals surface area contributed by atoms with Crippen molar-refractivity contribution >= 4 is 11.8 Å². The van der Waals surface area contributed by atoms with Gasteiger partial charge in [-0.1, -0.05) is 6.08 Å². The molecule has 0 bridgehead atoms. The number of rotatable bonds is 1. The van der Waals surface area contributed by atoms with E-state index >= 15 is 0 Å². The summed E-state index contributed by atoms with van der Waals surface area (Å²) in [7, 11) is 2.12. The molecule has 56 valence electrons. The molecular formula is C8H13NS. The first kappa shape index (κ1) is 7.73. The van der Waals surface area contributed by atoms with Gasteiger partial charge in [-0.3, -0.25) is 0 Å². The van der Waals surface area contributed by atoms with Crippen molar-refractivity contribution in [3.8, 4) is 0 Å². The van der Waals surface area contributed by atoms with Crippen LogP contribution < -0.4 is 0 Å². The van der Waals surface area contributed by atoms with Gasteiger partial charge in [0, 0.05) is 12.7 Å². The van der Waals surface area contributed by atoms with Gasteiger partial charge in [0.1, 0.15) is 0 Å². The number of hydrogen-bond acceptors (Lipinski definition) is 2. The molecule has 0 spiro atoms. The van der Waals surface area contributed by atoms with Gasteiger partial charge in [-0.25, -0.2) is 0 Å². The lowest BCUT2D eigenvalue weighted by Gasteiger charge is -2.18. The van der Waals surface area contributed by atoms with Gasteiger partial charge in [-0.05, 0) is 25.3 Å². The summed E-state index contributed by atoms with van der Waals surface area (Å²) in [6.45, 7) is 4.25. The smallest absolute Gasteiger partial charge is 0.0760 e. The number of thioether (sulfide) groups is 1. The highest BCUT2D eigenvalue weighted by molar-refractivity contribution is 8.02. The topological polar surface area (TPSA) is 3.24 Å². The molecular weight excluding hydrogens is 142 g/mol. The van der Waals surface area contributed by atoms with E-state index in [-0.39, 0.29) is 0 Å². The van der Waals surface area contributed by atoms with Crippen LogP contribution in [0.4, 0.5) is 0 Å². The summed E-state index contributed by atoms with van der Waals surface area (Å²) in [5.41, 5.74) is 1.32. The van der Waals surface area contributed by atoms with Gasteiger partial charge in [-0.2, -0.15) is 0 Å². The lowest BCUT2D eigenvalue weighted by Crippen LogP contribution is -2.19. The highest BCUT2D eigenvalue weighted by Gasteiger charge is 2.15. The first-order valence-electron chi connectivity index (χ1n) is 3.47. The summed E-state index contributed by atoms with van der Waals surface area (Å²) in [5.74, 6) is 0. The molecule has 1 unspecified atom stereocenters. The van der Waals surface area contributed by atoms with Crippen LogP contribution in [0.25, 0.3) is 0 Å². The first-order valence-corrected chi connectivity index (χ1v) is 4.41. The molecule has 1 aliphatic heterocycles. The Kier molecular flexibility index (Phi) is 2.44. The molecule has 0 radical (unpaired) electrons. The summed E-state index contributed by atoms with van der Waals surface area (Å²) in [5, 5.41) is 2.80. The minimum absolute atomic E-state index is 0.603. The molecule has 0 aromatic heterocycles. The molecule has 2 heteroatoms. The number of allylic oxidation sites excluding steroid dienone is 2. The van der Waals surface area contributed by atoms with Crippen molar-refractivity contribution in [2.75, 3.05) is 7.05 Å². The van der Waals surface area contributed by atoms with E-state index in [1.165, 1.54) is 5.70 Å². The van der Waals surface area contributed by atoms with Gasteiger partial charge in [-0.15, -0.1) is 11.8 Å². The minimum atomic E-state index is 0.603. The van der Waals surface area contributed by atoms with E-state index < -0.39 is 0 Å². The van der Waals surface area contributed by atoms with Crippen molar-refractivity contribution in [3.05, 3.63) is 23.3 Å². The highest BCUT2D eigenvalue weighted by Crippen LogP contribution is 2.28. The van der Waals surface area contributed by atoms with Crippen LogP contribution in [0, 0.1) is 0 Å². The van der Waals surface area contributed by atoms with Crippen molar-refractivity contribution in [1.29, 1.82) is 0 Å². The Morgan fingerprint density at radius 1 is 1.70 bits per heavy atom. The van der Waals surface area contributed by atoms with Crippen LogP contribution in [0.3, 0.4) is 0 Å². The molecule has 0 aromatic rings. The van der Waals surface area contributed by atoms with Gasteiger partial charge >= 0.3 is 0 Å². The Bertz CT molecular complexity index is 172. The van der Waals surface area contributed by atoms with Crippen LogP contribution in [-0.2, 0) is 0 Å². The lowest BCUT2D eigenvalue weighted by atomic mass is 10.4. The van der Waals surface area contributed by atoms with Gasteiger partial charge in [0.2, 0.25) is 0 Å². The minimum Gasteiger partial charge on any atom is -0.362 e. The summed E-state index contributed by atoms with van der Waals surface area (Å²) < 4.78 is 0. The predicted molar refractivity (Wildman–Crippen MR) is 47.7 cm³/mol. The average Bonchev–Trinajstić information content (AvgIpc) is 2.20. The fourth-order valence-corrected chi connectivity index (χ4v) is 1.77. The number of nitrogens with zero attached hydrogens (tertiary/aromatic N) is 1. The first-order chi connectivity index (χ1) is 4.75. The lowest BCUT2D eigenvalue weighted by molar-refractivity contribution is 0.434. The molecule has 0 aliphatic carbocycles. The van der Waals surface area contributed by atoms with Crippen LogP contribution in [0.1, 0.15) is 13.8 Å². The third kappa shape index (κ3) is 1.37. The van der Waals surface area contributed by atoms with Crippen LogP contribution in [0.2, 0.25) is 0 Å². The normalized spacial score (nSPS) is 26.1. The Balaban J connectivity index is 2.62. The maximum atomic E-state index is 2.27. The van der Waals surface area contributed by atoms with E-state index in [1.54, 1.807) is 0 Å². The Labute approximate surface area is 66.8 Å². The molecule has 1 aliphatic rings. The fraction of sp³-hybridized carbons (Fsp3) is 0.500. The van der Waals surface area contributed by atoms with Gasteiger partial charge in [0.25, 0.3) is 0 Å². The molecule has 10 heavy (non-hydrogen) atoms. The Morgan fingerprint density at radius 2 is 2.40 bits per heavy atom. The molecule has 1 nitrogen and oxygen atoms in total. The summed E-state index contributed by atoms with van der Waals surface area (Å²) >= 11 is 1.87. The van der Waals surface area contributed by atoms with E-state index in [4.69, 9.17) is 0 Å². The predicted octanol–water partition coefficient (Wildman–Crippen LogP) is 2.43.